The van der Waals surface area contributed by atoms with Crippen molar-refractivity contribution in [3.8, 4) is 0 Å². The van der Waals surface area contributed by atoms with Gasteiger partial charge in [0, 0.05) is 19.2 Å². The van der Waals surface area contributed by atoms with Gasteiger partial charge in [-0.3, -0.25) is 10.1 Å². The van der Waals surface area contributed by atoms with Gasteiger partial charge in [-0.15, -0.1) is 0 Å². The number of thioether (sulfide) groups is 1. The first-order valence-electron chi connectivity index (χ1n) is 11.9. The van der Waals surface area contributed by atoms with Crippen molar-refractivity contribution in [2.75, 3.05) is 25.6 Å². The summed E-state index contributed by atoms with van der Waals surface area (Å²) < 4.78 is 10.8. The number of anilines is 1. The lowest BCUT2D eigenvalue weighted by Gasteiger charge is -2.42. The molecule has 0 saturated heterocycles. The van der Waals surface area contributed by atoms with Gasteiger partial charge < -0.3 is 19.5 Å². The molecular formula is C23H37N3O5S2. The van der Waals surface area contributed by atoms with E-state index in [0.29, 0.717) is 18.3 Å². The fourth-order valence-corrected chi connectivity index (χ4v) is 6.86. The van der Waals surface area contributed by atoms with Crippen LogP contribution in [-0.2, 0) is 14.3 Å². The van der Waals surface area contributed by atoms with Crippen LogP contribution in [0.1, 0.15) is 71.6 Å². The summed E-state index contributed by atoms with van der Waals surface area (Å²) in [6.07, 6.45) is 11.3. The van der Waals surface area contributed by atoms with E-state index in [-0.39, 0.29) is 24.2 Å². The third-order valence-corrected chi connectivity index (χ3v) is 8.65. The van der Waals surface area contributed by atoms with Crippen LogP contribution in [0.5, 0.6) is 0 Å². The van der Waals surface area contributed by atoms with E-state index in [0.717, 1.165) is 55.6 Å². The molecule has 0 bridgehead atoms. The lowest BCUT2D eigenvalue weighted by Crippen LogP contribution is -2.51. The number of carboxylic acid groups (broad SMARTS) is 1. The largest absolute Gasteiger partial charge is 0.480 e. The Morgan fingerprint density at radius 3 is 2.45 bits per heavy atom. The van der Waals surface area contributed by atoms with E-state index < -0.39 is 10.7 Å². The van der Waals surface area contributed by atoms with E-state index in [2.05, 4.69) is 15.2 Å². The number of carbonyl (C=O) groups is 2. The number of hydrogen-bond acceptors (Lipinski definition) is 7. The number of carboxylic acids is 1. The number of nitrogens with zero attached hydrogens (tertiary/aromatic N) is 2. The number of ether oxygens (including phenoxy) is 2. The molecule has 0 spiro atoms. The summed E-state index contributed by atoms with van der Waals surface area (Å²) in [5.74, 6) is -0.878. The first-order chi connectivity index (χ1) is 15.8. The van der Waals surface area contributed by atoms with Crippen LogP contribution in [0.25, 0.3) is 0 Å². The highest BCUT2D eigenvalue weighted by Crippen LogP contribution is 2.38. The Hall–Kier alpha value is -1.36. The van der Waals surface area contributed by atoms with Crippen LogP contribution in [0.3, 0.4) is 0 Å². The van der Waals surface area contributed by atoms with Crippen molar-refractivity contribution in [3.05, 3.63) is 6.20 Å². The van der Waals surface area contributed by atoms with Crippen LogP contribution in [0.15, 0.2) is 10.4 Å². The Kier molecular flexibility index (Phi) is 9.84. The maximum absolute atomic E-state index is 13.4. The molecule has 1 aromatic heterocycles. The molecule has 2 aliphatic carbocycles. The number of aliphatic carboxylic acids is 1. The molecule has 0 atom stereocenters. The number of aromatic nitrogens is 1. The Morgan fingerprint density at radius 1 is 1.15 bits per heavy atom. The van der Waals surface area contributed by atoms with E-state index in [1.807, 2.05) is 0 Å². The first-order valence-corrected chi connectivity index (χ1v) is 13.5. The highest BCUT2D eigenvalue weighted by Gasteiger charge is 2.35. The summed E-state index contributed by atoms with van der Waals surface area (Å²) in [7, 11) is 1.68. The van der Waals surface area contributed by atoms with Gasteiger partial charge in [0.05, 0.1) is 29.7 Å². The summed E-state index contributed by atoms with van der Waals surface area (Å²) in [5, 5.41) is 12.9. The van der Waals surface area contributed by atoms with Crippen molar-refractivity contribution in [3.63, 3.8) is 0 Å². The van der Waals surface area contributed by atoms with E-state index >= 15 is 0 Å². The Morgan fingerprint density at radius 2 is 1.82 bits per heavy atom. The zero-order valence-electron chi connectivity index (χ0n) is 19.9. The van der Waals surface area contributed by atoms with Crippen molar-refractivity contribution >= 4 is 40.2 Å². The maximum Gasteiger partial charge on any atom is 0.324 e. The van der Waals surface area contributed by atoms with Crippen LogP contribution in [0.4, 0.5) is 9.93 Å². The zero-order valence-corrected chi connectivity index (χ0v) is 21.5. The van der Waals surface area contributed by atoms with Gasteiger partial charge in [-0.1, -0.05) is 42.4 Å². The predicted octanol–water partition coefficient (Wildman–Crippen LogP) is 5.24. The average molecular weight is 500 g/mol. The minimum Gasteiger partial charge on any atom is -0.480 e. The van der Waals surface area contributed by atoms with Gasteiger partial charge in [0.2, 0.25) is 0 Å². The number of urea groups is 1. The van der Waals surface area contributed by atoms with Crippen LogP contribution in [0.2, 0.25) is 0 Å². The highest BCUT2D eigenvalue weighted by molar-refractivity contribution is 8.03. The predicted molar refractivity (Wildman–Crippen MR) is 131 cm³/mol. The van der Waals surface area contributed by atoms with Crippen molar-refractivity contribution in [2.24, 2.45) is 0 Å². The number of methoxy groups -OCH3 is 1. The van der Waals surface area contributed by atoms with Crippen LogP contribution in [0, 0.1) is 0 Å². The molecule has 0 aliphatic heterocycles. The number of hydrogen-bond donors (Lipinski definition) is 2. The van der Waals surface area contributed by atoms with Gasteiger partial charge in [-0.2, -0.15) is 0 Å². The molecule has 0 aromatic carbocycles. The topological polar surface area (TPSA) is 101 Å². The second kappa shape index (κ2) is 12.4. The lowest BCUT2D eigenvalue weighted by molar-refractivity contribution is -0.138. The molecule has 2 N–H and O–H groups in total. The number of amides is 2. The minimum absolute atomic E-state index is 0.0888. The third-order valence-electron chi connectivity index (χ3n) is 6.45. The fraction of sp³-hybridized carbons (Fsp3) is 0.783. The van der Waals surface area contributed by atoms with Gasteiger partial charge in [-0.25, -0.2) is 9.78 Å². The SMILES string of the molecule is COCCOC1CCC(N(C(=O)Nc2ncc(SC(C)(C)C(=O)O)s2)C2CCCCC2)CC1. The summed E-state index contributed by atoms with van der Waals surface area (Å²) in [4.78, 5) is 31.3. The summed E-state index contributed by atoms with van der Waals surface area (Å²) in [5.41, 5.74) is 0. The van der Waals surface area contributed by atoms with Gasteiger partial charge in [0.15, 0.2) is 5.13 Å². The fourth-order valence-electron chi connectivity index (χ4n) is 4.59. The standard InChI is InChI=1S/C23H37N3O5S2/c1-23(2,20(27)28)33-19-15-24-21(32-19)25-22(29)26(16-7-5-4-6-8-16)17-9-11-18(12-10-17)31-14-13-30-3/h15-18H,4-14H2,1-3H3,(H,27,28)(H,24,25,29). The Bertz CT molecular complexity index is 774. The molecule has 2 saturated carbocycles. The average Bonchev–Trinajstić information content (AvgIpc) is 3.21. The first kappa shape index (κ1) is 26.2. The molecule has 33 heavy (non-hydrogen) atoms. The molecule has 2 fully saturated rings. The summed E-state index contributed by atoms with van der Waals surface area (Å²) in [6.45, 7) is 4.55. The second-order valence-corrected chi connectivity index (χ2v) is 12.3. The van der Waals surface area contributed by atoms with Crippen LogP contribution < -0.4 is 5.32 Å². The van der Waals surface area contributed by atoms with E-state index in [1.54, 1.807) is 27.2 Å². The molecule has 2 aliphatic rings. The number of nitrogens with one attached hydrogen (secondary N) is 1. The molecule has 1 heterocycles. The quantitative estimate of drug-likeness (QED) is 0.335. The monoisotopic (exact) mass is 499 g/mol. The van der Waals surface area contributed by atoms with Crippen molar-refractivity contribution in [1.82, 2.24) is 9.88 Å². The molecule has 0 radical (unpaired) electrons. The van der Waals surface area contributed by atoms with Crippen molar-refractivity contribution in [2.45, 2.75) is 98.8 Å². The molecule has 3 rings (SSSR count). The minimum atomic E-state index is -0.952. The van der Waals surface area contributed by atoms with Crippen molar-refractivity contribution < 1.29 is 24.2 Å². The van der Waals surface area contributed by atoms with E-state index in [1.165, 1.54) is 29.5 Å². The van der Waals surface area contributed by atoms with Gasteiger partial charge in [0.25, 0.3) is 0 Å². The van der Waals surface area contributed by atoms with Gasteiger partial charge >= 0.3 is 12.0 Å². The van der Waals surface area contributed by atoms with Gasteiger partial charge in [-0.05, 0) is 52.4 Å². The third kappa shape index (κ3) is 7.56. The molecule has 1 aromatic rings. The normalized spacial score (nSPS) is 22.2. The Balaban J connectivity index is 1.63. The number of rotatable bonds is 10. The van der Waals surface area contributed by atoms with E-state index in [4.69, 9.17) is 9.47 Å². The highest BCUT2D eigenvalue weighted by atomic mass is 32.2. The zero-order chi connectivity index (χ0) is 23.8. The molecule has 8 nitrogen and oxygen atoms in total. The smallest absolute Gasteiger partial charge is 0.324 e. The Labute approximate surface area is 204 Å². The molecule has 10 heteroatoms. The maximum atomic E-state index is 13.4. The molecule has 0 unspecified atom stereocenters. The summed E-state index contributed by atoms with van der Waals surface area (Å²) in [6, 6.07) is 0.374. The van der Waals surface area contributed by atoms with Crippen LogP contribution >= 0.6 is 23.1 Å². The summed E-state index contributed by atoms with van der Waals surface area (Å²) >= 11 is 2.57. The van der Waals surface area contributed by atoms with Crippen molar-refractivity contribution in [1.29, 1.82) is 0 Å². The lowest BCUT2D eigenvalue weighted by atomic mass is 9.88. The second-order valence-electron chi connectivity index (χ2n) is 9.33. The molecule has 2 amide bonds. The molecule has 186 valence electrons. The van der Waals surface area contributed by atoms with E-state index in [9.17, 15) is 14.7 Å². The molecular weight excluding hydrogens is 462 g/mol. The number of carbonyl (C=O) groups excluding carboxylic acids is 1. The van der Waals surface area contributed by atoms with Gasteiger partial charge in [0.1, 0.15) is 4.75 Å². The number of thiazole rings is 1. The van der Waals surface area contributed by atoms with Crippen LogP contribution in [-0.4, -0.2) is 70.2 Å².